The Balaban J connectivity index is 1.69. The van der Waals surface area contributed by atoms with Crippen molar-refractivity contribution in [3.8, 4) is 5.75 Å². The monoisotopic (exact) mass is 442 g/mol. The average Bonchev–Trinajstić information content (AvgIpc) is 3.02. The Morgan fingerprint density at radius 3 is 2.32 bits per heavy atom. The highest BCUT2D eigenvalue weighted by Crippen LogP contribution is 2.44. The molecular formula is C25H34N2O3S. The second-order valence-corrected chi connectivity index (χ2v) is 11.6. The summed E-state index contributed by atoms with van der Waals surface area (Å²) in [6, 6.07) is 7.77. The Morgan fingerprint density at radius 2 is 1.77 bits per heavy atom. The zero-order valence-corrected chi connectivity index (χ0v) is 20.2. The Morgan fingerprint density at radius 1 is 1.13 bits per heavy atom. The average molecular weight is 443 g/mol. The number of benzene rings is 1. The smallest absolute Gasteiger partial charge is 0.262 e. The van der Waals surface area contributed by atoms with Gasteiger partial charge in [-0.25, -0.2) is 0 Å². The van der Waals surface area contributed by atoms with Crippen molar-refractivity contribution < 1.29 is 14.3 Å². The van der Waals surface area contributed by atoms with Crippen molar-refractivity contribution in [3.05, 3.63) is 45.8 Å². The first-order chi connectivity index (χ1) is 14.4. The third-order valence-corrected chi connectivity index (χ3v) is 7.25. The second kappa shape index (κ2) is 8.65. The standard InChI is InChI=1S/C25H34N2O3S/c1-24(2,3)15-7-10-17(11-8-15)30-14-20(28)27-23-21(22(26)29)18-12-9-16(25(4,5)6)13-19(18)31-23/h7-8,10-11,16H,9,12-14H2,1-6H3,(H2,26,29)(H,27,28). The molecule has 3 N–H and O–H groups in total. The van der Waals surface area contributed by atoms with E-state index in [1.54, 1.807) is 0 Å². The summed E-state index contributed by atoms with van der Waals surface area (Å²) in [5.41, 5.74) is 8.62. The van der Waals surface area contributed by atoms with Crippen LogP contribution in [0, 0.1) is 11.3 Å². The summed E-state index contributed by atoms with van der Waals surface area (Å²) >= 11 is 1.48. The van der Waals surface area contributed by atoms with Crippen molar-refractivity contribution in [1.29, 1.82) is 0 Å². The number of hydrogen-bond donors (Lipinski definition) is 2. The zero-order chi connectivity index (χ0) is 23.0. The maximum Gasteiger partial charge on any atom is 0.262 e. The number of thiophene rings is 1. The van der Waals surface area contributed by atoms with Crippen LogP contribution in [0.5, 0.6) is 5.75 Å². The van der Waals surface area contributed by atoms with Crippen LogP contribution >= 0.6 is 11.3 Å². The summed E-state index contributed by atoms with van der Waals surface area (Å²) in [5, 5.41) is 3.41. The molecule has 0 bridgehead atoms. The molecule has 31 heavy (non-hydrogen) atoms. The van der Waals surface area contributed by atoms with Gasteiger partial charge in [-0.3, -0.25) is 9.59 Å². The molecule has 1 aromatic carbocycles. The largest absolute Gasteiger partial charge is 0.484 e. The first-order valence-corrected chi connectivity index (χ1v) is 11.7. The molecule has 0 spiro atoms. The Bertz CT molecular complexity index is 962. The van der Waals surface area contributed by atoms with E-state index in [0.29, 0.717) is 22.2 Å². The highest BCUT2D eigenvalue weighted by molar-refractivity contribution is 7.17. The number of hydrogen-bond acceptors (Lipinski definition) is 4. The van der Waals surface area contributed by atoms with Crippen LogP contribution in [0.2, 0.25) is 0 Å². The molecule has 0 saturated carbocycles. The van der Waals surface area contributed by atoms with Gasteiger partial charge in [-0.15, -0.1) is 11.3 Å². The number of ether oxygens (including phenoxy) is 1. The number of primary amides is 1. The lowest BCUT2D eigenvalue weighted by Crippen LogP contribution is -2.27. The first-order valence-electron chi connectivity index (χ1n) is 10.8. The van der Waals surface area contributed by atoms with E-state index in [4.69, 9.17) is 10.5 Å². The molecule has 2 amide bonds. The van der Waals surface area contributed by atoms with Gasteiger partial charge in [0.15, 0.2) is 6.61 Å². The van der Waals surface area contributed by atoms with Gasteiger partial charge in [-0.1, -0.05) is 53.7 Å². The van der Waals surface area contributed by atoms with Gasteiger partial charge < -0.3 is 15.8 Å². The summed E-state index contributed by atoms with van der Waals surface area (Å²) < 4.78 is 5.65. The van der Waals surface area contributed by atoms with E-state index < -0.39 is 5.91 Å². The maximum absolute atomic E-state index is 12.5. The zero-order valence-electron chi connectivity index (χ0n) is 19.4. The van der Waals surface area contributed by atoms with E-state index in [1.807, 2.05) is 24.3 Å². The van der Waals surface area contributed by atoms with E-state index in [0.717, 1.165) is 29.7 Å². The second-order valence-electron chi connectivity index (χ2n) is 10.5. The lowest BCUT2D eigenvalue weighted by atomic mass is 9.72. The van der Waals surface area contributed by atoms with Gasteiger partial charge in [0.2, 0.25) is 0 Å². The van der Waals surface area contributed by atoms with Crippen molar-refractivity contribution in [2.24, 2.45) is 17.1 Å². The third kappa shape index (κ3) is 5.48. The van der Waals surface area contributed by atoms with E-state index in [9.17, 15) is 9.59 Å². The first kappa shape index (κ1) is 23.3. The van der Waals surface area contributed by atoms with Gasteiger partial charge >= 0.3 is 0 Å². The van der Waals surface area contributed by atoms with Gasteiger partial charge in [-0.05, 0) is 59.3 Å². The number of fused-ring (bicyclic) bond motifs is 1. The molecule has 1 heterocycles. The summed E-state index contributed by atoms with van der Waals surface area (Å²) in [6.45, 7) is 13.1. The predicted octanol–water partition coefficient (Wildman–Crippen LogP) is 5.31. The van der Waals surface area contributed by atoms with E-state index in [-0.39, 0.29) is 23.3 Å². The summed E-state index contributed by atoms with van der Waals surface area (Å²) in [4.78, 5) is 25.9. The topological polar surface area (TPSA) is 81.4 Å². The lowest BCUT2D eigenvalue weighted by molar-refractivity contribution is -0.118. The van der Waals surface area contributed by atoms with Gasteiger partial charge in [0.1, 0.15) is 10.8 Å². The number of rotatable bonds is 5. The minimum absolute atomic E-state index is 0.0609. The van der Waals surface area contributed by atoms with Crippen LogP contribution in [0.25, 0.3) is 0 Å². The fourth-order valence-corrected chi connectivity index (χ4v) is 5.39. The normalized spacial score (nSPS) is 16.5. The molecule has 1 aromatic heterocycles. The van der Waals surface area contributed by atoms with Crippen LogP contribution in [-0.2, 0) is 23.1 Å². The van der Waals surface area contributed by atoms with Crippen molar-refractivity contribution in [1.82, 2.24) is 0 Å². The van der Waals surface area contributed by atoms with E-state index >= 15 is 0 Å². The molecule has 1 atom stereocenters. The molecule has 0 fully saturated rings. The van der Waals surface area contributed by atoms with Crippen LogP contribution in [0.1, 0.15) is 74.3 Å². The lowest BCUT2D eigenvalue weighted by Gasteiger charge is -2.33. The number of nitrogens with two attached hydrogens (primary N) is 1. The van der Waals surface area contributed by atoms with Gasteiger partial charge in [0.05, 0.1) is 5.56 Å². The highest BCUT2D eigenvalue weighted by Gasteiger charge is 2.33. The molecule has 1 aliphatic rings. The number of amides is 2. The molecule has 0 aliphatic heterocycles. The minimum Gasteiger partial charge on any atom is -0.484 e. The predicted molar refractivity (Wildman–Crippen MR) is 127 cm³/mol. The van der Waals surface area contributed by atoms with E-state index in [2.05, 4.69) is 46.9 Å². The molecule has 0 radical (unpaired) electrons. The van der Waals surface area contributed by atoms with Crippen LogP contribution < -0.4 is 15.8 Å². The van der Waals surface area contributed by atoms with Gasteiger partial charge in [0, 0.05) is 4.88 Å². The molecule has 1 aliphatic carbocycles. The molecule has 0 saturated heterocycles. The number of carbonyl (C=O) groups excluding carboxylic acids is 2. The Kier molecular flexibility index (Phi) is 6.51. The summed E-state index contributed by atoms with van der Waals surface area (Å²) in [5.74, 6) is 0.396. The molecule has 5 nitrogen and oxygen atoms in total. The fraction of sp³-hybridized carbons (Fsp3) is 0.520. The number of carbonyl (C=O) groups is 2. The van der Waals surface area contributed by atoms with Crippen LogP contribution in [0.4, 0.5) is 5.00 Å². The van der Waals surface area contributed by atoms with Crippen LogP contribution in [0.15, 0.2) is 24.3 Å². The molecule has 2 aromatic rings. The maximum atomic E-state index is 12.5. The van der Waals surface area contributed by atoms with Crippen molar-refractivity contribution in [3.63, 3.8) is 0 Å². The Hall–Kier alpha value is -2.34. The summed E-state index contributed by atoms with van der Waals surface area (Å²) in [6.07, 6.45) is 2.75. The van der Waals surface area contributed by atoms with Gasteiger partial charge in [0.25, 0.3) is 11.8 Å². The SMILES string of the molecule is CC(C)(C)c1ccc(OCC(=O)Nc2sc3c(c2C(N)=O)CCC(C(C)(C)C)C3)cc1. The number of anilines is 1. The van der Waals surface area contributed by atoms with Crippen LogP contribution in [0.3, 0.4) is 0 Å². The molecular weight excluding hydrogens is 408 g/mol. The quantitative estimate of drug-likeness (QED) is 0.658. The fourth-order valence-electron chi connectivity index (χ4n) is 4.04. The third-order valence-electron chi connectivity index (χ3n) is 6.08. The van der Waals surface area contributed by atoms with Crippen molar-refractivity contribution in [2.75, 3.05) is 11.9 Å². The molecule has 6 heteroatoms. The molecule has 168 valence electrons. The van der Waals surface area contributed by atoms with Crippen LogP contribution in [-0.4, -0.2) is 18.4 Å². The molecule has 3 rings (SSSR count). The van der Waals surface area contributed by atoms with Crippen molar-refractivity contribution >= 4 is 28.2 Å². The van der Waals surface area contributed by atoms with E-state index in [1.165, 1.54) is 16.9 Å². The van der Waals surface area contributed by atoms with Gasteiger partial charge in [-0.2, -0.15) is 0 Å². The highest BCUT2D eigenvalue weighted by atomic mass is 32.1. The molecule has 1 unspecified atom stereocenters. The minimum atomic E-state index is -0.485. The number of nitrogens with one attached hydrogen (secondary N) is 1. The van der Waals surface area contributed by atoms with Crippen molar-refractivity contribution in [2.45, 2.75) is 66.2 Å². The summed E-state index contributed by atoms with van der Waals surface area (Å²) in [7, 11) is 0. The Labute approximate surface area is 189 Å².